The molecule has 2 aromatic carbocycles. The summed E-state index contributed by atoms with van der Waals surface area (Å²) in [7, 11) is 0. The molecule has 138 valence electrons. The summed E-state index contributed by atoms with van der Waals surface area (Å²) in [6.07, 6.45) is 2.65. The maximum Gasteiger partial charge on any atom is 0.268 e. The number of carbonyl (C=O) groups is 1. The van der Waals surface area contributed by atoms with Gasteiger partial charge in [-0.15, -0.1) is 0 Å². The minimum Gasteiger partial charge on any atom is -0.485 e. The number of rotatable bonds is 5. The van der Waals surface area contributed by atoms with Crippen molar-refractivity contribution < 1.29 is 14.3 Å². The maximum absolute atomic E-state index is 13.3. The highest BCUT2D eigenvalue weighted by molar-refractivity contribution is 5.82. The van der Waals surface area contributed by atoms with Crippen LogP contribution in [-0.2, 0) is 11.3 Å². The molecule has 0 bridgehead atoms. The number of hydrogen-bond donors (Lipinski definition) is 1. The Morgan fingerprint density at radius 3 is 2.67 bits per heavy atom. The van der Waals surface area contributed by atoms with E-state index in [1.54, 1.807) is 17.4 Å². The molecule has 0 unspecified atom stereocenters. The van der Waals surface area contributed by atoms with Crippen LogP contribution in [0.3, 0.4) is 0 Å². The average Bonchev–Trinajstić information content (AvgIpc) is 3.24. The number of H-pyrrole nitrogens is 1. The first-order valence-electron chi connectivity index (χ1n) is 8.93. The molecule has 3 aromatic rings. The second-order valence-electron chi connectivity index (χ2n) is 6.49. The minimum atomic E-state index is -0.686. The summed E-state index contributed by atoms with van der Waals surface area (Å²) in [4.78, 5) is 22.3. The zero-order chi connectivity index (χ0) is 18.6. The van der Waals surface area contributed by atoms with Gasteiger partial charge in [0.1, 0.15) is 6.61 Å². The van der Waals surface area contributed by atoms with E-state index in [4.69, 9.17) is 9.47 Å². The van der Waals surface area contributed by atoms with Crippen LogP contribution in [0, 0.1) is 0 Å². The number of benzene rings is 2. The number of carbonyl (C=O) groups excluding carboxylic acids is 1. The Morgan fingerprint density at radius 1 is 1.19 bits per heavy atom. The lowest BCUT2D eigenvalue weighted by atomic mass is 10.1. The van der Waals surface area contributed by atoms with E-state index in [-0.39, 0.29) is 18.6 Å². The van der Waals surface area contributed by atoms with Crippen LogP contribution in [0.15, 0.2) is 67.1 Å². The van der Waals surface area contributed by atoms with Crippen molar-refractivity contribution in [3.05, 3.63) is 78.4 Å². The van der Waals surface area contributed by atoms with Gasteiger partial charge in [0.15, 0.2) is 11.5 Å². The number of para-hydroxylation sites is 2. The fraction of sp³-hybridized carbons (Fsp3) is 0.238. The summed E-state index contributed by atoms with van der Waals surface area (Å²) in [5.74, 6) is 1.14. The zero-order valence-corrected chi connectivity index (χ0v) is 15.0. The van der Waals surface area contributed by atoms with Crippen molar-refractivity contribution in [2.45, 2.75) is 25.6 Å². The average molecular weight is 363 g/mol. The van der Waals surface area contributed by atoms with Crippen molar-refractivity contribution in [2.24, 2.45) is 0 Å². The first kappa shape index (κ1) is 17.1. The molecule has 0 saturated carbocycles. The summed E-state index contributed by atoms with van der Waals surface area (Å²) in [5, 5.41) is 0. The lowest BCUT2D eigenvalue weighted by molar-refractivity contribution is -0.144. The van der Waals surface area contributed by atoms with Crippen LogP contribution < -0.4 is 9.47 Å². The van der Waals surface area contributed by atoms with Gasteiger partial charge in [0, 0.05) is 6.20 Å². The molecule has 27 heavy (non-hydrogen) atoms. The van der Waals surface area contributed by atoms with Gasteiger partial charge in [-0.05, 0) is 24.6 Å². The van der Waals surface area contributed by atoms with Crippen molar-refractivity contribution in [3.63, 3.8) is 0 Å². The van der Waals surface area contributed by atoms with Crippen molar-refractivity contribution in [3.8, 4) is 11.5 Å². The smallest absolute Gasteiger partial charge is 0.268 e. The number of fused-ring (bicyclic) bond motifs is 1. The number of ether oxygens (including phenoxy) is 2. The van der Waals surface area contributed by atoms with E-state index >= 15 is 0 Å². The van der Waals surface area contributed by atoms with Gasteiger partial charge in [0.2, 0.25) is 6.10 Å². The molecule has 1 aliphatic heterocycles. The Balaban J connectivity index is 1.59. The molecule has 1 N–H and O–H groups in total. The summed E-state index contributed by atoms with van der Waals surface area (Å²) in [6.45, 7) is 2.62. The van der Waals surface area contributed by atoms with Crippen LogP contribution in [0.5, 0.6) is 11.5 Å². The summed E-state index contributed by atoms with van der Waals surface area (Å²) in [5.41, 5.74) is 1.92. The first-order valence-corrected chi connectivity index (χ1v) is 8.93. The van der Waals surface area contributed by atoms with Crippen molar-refractivity contribution in [1.82, 2.24) is 14.9 Å². The number of hydrogen-bond acceptors (Lipinski definition) is 4. The largest absolute Gasteiger partial charge is 0.485 e. The molecule has 1 amide bonds. The predicted molar refractivity (Wildman–Crippen MR) is 100 cm³/mol. The Morgan fingerprint density at radius 2 is 1.93 bits per heavy atom. The van der Waals surface area contributed by atoms with Crippen LogP contribution in [-0.4, -0.2) is 33.5 Å². The summed E-state index contributed by atoms with van der Waals surface area (Å²) < 4.78 is 11.7. The van der Waals surface area contributed by atoms with E-state index < -0.39 is 6.10 Å². The van der Waals surface area contributed by atoms with Gasteiger partial charge in [-0.2, -0.15) is 0 Å². The quantitative estimate of drug-likeness (QED) is 0.755. The number of amides is 1. The van der Waals surface area contributed by atoms with Crippen LogP contribution in [0.4, 0.5) is 0 Å². The molecule has 0 aliphatic carbocycles. The van der Waals surface area contributed by atoms with E-state index in [9.17, 15) is 4.79 Å². The highest BCUT2D eigenvalue weighted by Crippen LogP contribution is 2.32. The molecule has 0 radical (unpaired) electrons. The molecule has 1 aliphatic rings. The summed E-state index contributed by atoms with van der Waals surface area (Å²) in [6, 6.07) is 17.2. The van der Waals surface area contributed by atoms with Crippen molar-refractivity contribution in [1.29, 1.82) is 0 Å². The number of aromatic amines is 1. The normalized spacial score (nSPS) is 16.6. The van der Waals surface area contributed by atoms with Gasteiger partial charge in [-0.1, -0.05) is 42.5 Å². The van der Waals surface area contributed by atoms with Gasteiger partial charge in [-0.3, -0.25) is 4.79 Å². The van der Waals surface area contributed by atoms with Gasteiger partial charge in [-0.25, -0.2) is 4.98 Å². The van der Waals surface area contributed by atoms with Crippen LogP contribution in [0.2, 0.25) is 0 Å². The Hall–Kier alpha value is -3.28. The van der Waals surface area contributed by atoms with E-state index in [1.807, 2.05) is 61.5 Å². The molecule has 6 heteroatoms. The molecular weight excluding hydrogens is 342 g/mol. The zero-order valence-electron chi connectivity index (χ0n) is 15.0. The second-order valence-corrected chi connectivity index (χ2v) is 6.49. The van der Waals surface area contributed by atoms with Crippen LogP contribution in [0.25, 0.3) is 0 Å². The Labute approximate surface area is 157 Å². The monoisotopic (exact) mass is 363 g/mol. The van der Waals surface area contributed by atoms with E-state index in [0.29, 0.717) is 18.0 Å². The lowest BCUT2D eigenvalue weighted by Gasteiger charge is -2.34. The van der Waals surface area contributed by atoms with Gasteiger partial charge in [0.05, 0.1) is 24.6 Å². The number of aromatic nitrogens is 2. The van der Waals surface area contributed by atoms with E-state index in [1.165, 1.54) is 0 Å². The fourth-order valence-corrected chi connectivity index (χ4v) is 3.20. The summed E-state index contributed by atoms with van der Waals surface area (Å²) >= 11 is 0. The molecule has 2 atom stereocenters. The van der Waals surface area contributed by atoms with E-state index in [0.717, 1.165) is 11.3 Å². The third-order valence-corrected chi connectivity index (χ3v) is 4.71. The van der Waals surface area contributed by atoms with Crippen LogP contribution in [0.1, 0.15) is 24.2 Å². The molecule has 2 heterocycles. The van der Waals surface area contributed by atoms with Crippen molar-refractivity contribution in [2.75, 3.05) is 6.61 Å². The third-order valence-electron chi connectivity index (χ3n) is 4.71. The first-order chi connectivity index (χ1) is 13.2. The van der Waals surface area contributed by atoms with Crippen molar-refractivity contribution >= 4 is 5.91 Å². The highest BCUT2D eigenvalue weighted by atomic mass is 16.6. The predicted octanol–water partition coefficient (Wildman–Crippen LogP) is 3.34. The van der Waals surface area contributed by atoms with Gasteiger partial charge < -0.3 is 19.4 Å². The molecule has 1 aromatic heterocycles. The minimum absolute atomic E-state index is 0.115. The van der Waals surface area contributed by atoms with Gasteiger partial charge in [0.25, 0.3) is 5.91 Å². The Kier molecular flexibility index (Phi) is 4.78. The lowest BCUT2D eigenvalue weighted by Crippen LogP contribution is -2.47. The molecule has 0 fully saturated rings. The Bertz CT molecular complexity index is 896. The standard InChI is InChI=1S/C21H21N3O3/c1-15(16-7-3-2-4-8-16)24(12-17-11-22-14-23-17)21(25)20-13-26-18-9-5-6-10-19(18)27-20/h2-11,14-15,20H,12-13H2,1H3,(H,22,23)/t15-,20+/m1/s1. The van der Waals surface area contributed by atoms with E-state index in [2.05, 4.69) is 9.97 Å². The van der Waals surface area contributed by atoms with Gasteiger partial charge >= 0.3 is 0 Å². The number of imidazole rings is 1. The second kappa shape index (κ2) is 7.53. The SMILES string of the molecule is C[C@H](c1ccccc1)N(Cc1cnc[nH]1)C(=O)[C@@H]1COc2ccccc2O1. The fourth-order valence-electron chi connectivity index (χ4n) is 3.20. The molecule has 0 spiro atoms. The number of nitrogens with zero attached hydrogens (tertiary/aromatic N) is 2. The molecule has 6 nitrogen and oxygen atoms in total. The topological polar surface area (TPSA) is 67.5 Å². The molecule has 4 rings (SSSR count). The third kappa shape index (κ3) is 3.65. The highest BCUT2D eigenvalue weighted by Gasteiger charge is 2.33. The molecule has 0 saturated heterocycles. The maximum atomic E-state index is 13.3. The number of nitrogens with one attached hydrogen (secondary N) is 1. The molecular formula is C21H21N3O3. The van der Waals surface area contributed by atoms with Crippen LogP contribution >= 0.6 is 0 Å².